The number of aliphatic hydroxyl groups is 2. The standard InChI is InChI=1S/C37H37F3N6O5/c1-2-25-28(39)6-3-20-13-24(47)14-26(29(20)25)31-30(40)32-27(15-41-31)33(45-16-22-4-5-23(17-45)46(22)34(48)35(49)50)43-36(42-32)51-19-37(9-10-37)18-44-11-7-21(38)8-12-44/h1,3,6,13-15,21-23,35,47,49-50H,4-5,7-12,16-19H2. The number of alkyl halides is 1. The number of anilines is 1. The van der Waals surface area contributed by atoms with Crippen LogP contribution in [0.5, 0.6) is 11.8 Å². The number of aromatic hydroxyl groups is 1. The SMILES string of the molecule is C#Cc1c(F)ccc2cc(O)cc(-c3ncc4c(N5CC6CCC(C5)N6C(=O)C(O)O)nc(OCC5(CN6CCC(F)CC6)CC5)nc4c3F)c12. The number of halogens is 3. The zero-order valence-corrected chi connectivity index (χ0v) is 27.7. The molecule has 4 aromatic rings. The second-order valence-corrected chi connectivity index (χ2v) is 14.3. The number of aromatic nitrogens is 3. The van der Waals surface area contributed by atoms with Crippen LogP contribution >= 0.6 is 0 Å². The van der Waals surface area contributed by atoms with E-state index in [-0.39, 0.29) is 69.0 Å². The summed E-state index contributed by atoms with van der Waals surface area (Å²) in [6.45, 7) is 2.97. The molecule has 1 amide bonds. The van der Waals surface area contributed by atoms with Gasteiger partial charge in [0.1, 0.15) is 34.8 Å². The van der Waals surface area contributed by atoms with Crippen molar-refractivity contribution in [2.75, 3.05) is 44.2 Å². The van der Waals surface area contributed by atoms with Crippen LogP contribution < -0.4 is 9.64 Å². The van der Waals surface area contributed by atoms with Crippen LogP contribution in [0.25, 0.3) is 32.9 Å². The number of nitrogens with zero attached hydrogens (tertiary/aromatic N) is 6. The molecule has 3 saturated heterocycles. The third-order valence-corrected chi connectivity index (χ3v) is 10.9. The van der Waals surface area contributed by atoms with E-state index in [0.29, 0.717) is 63.1 Å². The maximum atomic E-state index is 16.9. The number of rotatable bonds is 8. The summed E-state index contributed by atoms with van der Waals surface area (Å²) in [7, 11) is 0. The molecule has 2 bridgehead atoms. The number of terminal acetylenes is 1. The second-order valence-electron chi connectivity index (χ2n) is 14.3. The van der Waals surface area contributed by atoms with Crippen molar-refractivity contribution in [3.05, 3.63) is 47.7 Å². The van der Waals surface area contributed by atoms with E-state index in [2.05, 4.69) is 20.8 Å². The predicted octanol–water partition coefficient (Wildman–Crippen LogP) is 3.89. The first-order chi connectivity index (χ1) is 24.5. The number of carbonyl (C=O) groups excluding carboxylic acids is 1. The molecule has 2 aromatic heterocycles. The summed E-state index contributed by atoms with van der Waals surface area (Å²) in [5.41, 5.74) is -0.487. The van der Waals surface area contributed by atoms with Gasteiger partial charge in [-0.1, -0.05) is 12.0 Å². The maximum absolute atomic E-state index is 16.9. The summed E-state index contributed by atoms with van der Waals surface area (Å²) in [5, 5.41) is 30.7. The van der Waals surface area contributed by atoms with Gasteiger partial charge in [-0.3, -0.25) is 9.78 Å². The lowest BCUT2D eigenvalue weighted by Crippen LogP contribution is -2.58. The molecular weight excluding hydrogens is 665 g/mol. The van der Waals surface area contributed by atoms with Crippen molar-refractivity contribution < 1.29 is 38.0 Å². The summed E-state index contributed by atoms with van der Waals surface area (Å²) in [4.78, 5) is 32.1. The van der Waals surface area contributed by atoms with E-state index in [1.807, 2.05) is 4.90 Å². The van der Waals surface area contributed by atoms with E-state index < -0.39 is 30.0 Å². The molecule has 5 heterocycles. The lowest BCUT2D eigenvalue weighted by Gasteiger charge is -2.42. The first kappa shape index (κ1) is 33.4. The molecule has 3 aliphatic heterocycles. The van der Waals surface area contributed by atoms with Gasteiger partial charge in [-0.15, -0.1) is 6.42 Å². The highest BCUT2D eigenvalue weighted by Crippen LogP contribution is 2.47. The Balaban J connectivity index is 1.20. The number of piperazine rings is 1. The van der Waals surface area contributed by atoms with Gasteiger partial charge in [0.2, 0.25) is 6.29 Å². The molecule has 4 aliphatic rings. The Labute approximate surface area is 291 Å². The molecule has 51 heavy (non-hydrogen) atoms. The largest absolute Gasteiger partial charge is 0.508 e. The minimum absolute atomic E-state index is 0.0601. The maximum Gasteiger partial charge on any atom is 0.319 e. The molecule has 11 nitrogen and oxygen atoms in total. The molecule has 1 saturated carbocycles. The number of phenolic OH excluding ortho intramolecular Hbond substituents is 1. The lowest BCUT2D eigenvalue weighted by atomic mass is 9.96. The van der Waals surface area contributed by atoms with E-state index >= 15 is 4.39 Å². The Morgan fingerprint density at radius 2 is 1.80 bits per heavy atom. The minimum atomic E-state index is -2.12. The zero-order valence-electron chi connectivity index (χ0n) is 27.7. The highest BCUT2D eigenvalue weighted by atomic mass is 19.1. The summed E-state index contributed by atoms with van der Waals surface area (Å²) in [6, 6.07) is 4.60. The Hall–Kier alpha value is -4.71. The van der Waals surface area contributed by atoms with E-state index in [0.717, 1.165) is 19.4 Å². The lowest BCUT2D eigenvalue weighted by molar-refractivity contribution is -0.162. The smallest absolute Gasteiger partial charge is 0.319 e. The van der Waals surface area contributed by atoms with Gasteiger partial charge in [-0.25, -0.2) is 13.2 Å². The summed E-state index contributed by atoms with van der Waals surface area (Å²) < 4.78 is 51.8. The summed E-state index contributed by atoms with van der Waals surface area (Å²) in [5.74, 6) is 0.203. The molecule has 266 valence electrons. The van der Waals surface area contributed by atoms with Crippen molar-refractivity contribution in [1.82, 2.24) is 24.8 Å². The fraction of sp³-hybridized carbons (Fsp3) is 0.459. The van der Waals surface area contributed by atoms with Crippen molar-refractivity contribution in [3.63, 3.8) is 0 Å². The number of fused-ring (bicyclic) bond motifs is 4. The first-order valence-electron chi connectivity index (χ1n) is 17.2. The zero-order chi connectivity index (χ0) is 35.6. The Bertz CT molecular complexity index is 2070. The Morgan fingerprint density at radius 1 is 1.08 bits per heavy atom. The van der Waals surface area contributed by atoms with Gasteiger partial charge in [0.25, 0.3) is 5.91 Å². The van der Waals surface area contributed by atoms with Crippen LogP contribution in [0.15, 0.2) is 30.5 Å². The number of piperidine rings is 1. The normalized spacial score (nSPS) is 21.8. The predicted molar refractivity (Wildman–Crippen MR) is 182 cm³/mol. The number of ether oxygens (including phenoxy) is 1. The highest BCUT2D eigenvalue weighted by molar-refractivity contribution is 6.03. The van der Waals surface area contributed by atoms with E-state index in [1.54, 1.807) is 0 Å². The van der Waals surface area contributed by atoms with Crippen molar-refractivity contribution in [1.29, 1.82) is 0 Å². The van der Waals surface area contributed by atoms with Crippen LogP contribution in [0.4, 0.5) is 19.0 Å². The Kier molecular flexibility index (Phi) is 8.40. The monoisotopic (exact) mass is 702 g/mol. The van der Waals surface area contributed by atoms with Gasteiger partial charge in [-0.2, -0.15) is 9.97 Å². The average Bonchev–Trinajstić information content (AvgIpc) is 3.83. The molecule has 2 unspecified atom stereocenters. The van der Waals surface area contributed by atoms with Gasteiger partial charge in [0.05, 0.1) is 17.6 Å². The van der Waals surface area contributed by atoms with Crippen molar-refractivity contribution in [2.45, 2.75) is 63.1 Å². The third kappa shape index (κ3) is 6.07. The quantitative estimate of drug-likeness (QED) is 0.183. The molecular formula is C37H37F3N6O5. The van der Waals surface area contributed by atoms with E-state index in [1.165, 1.54) is 35.4 Å². The van der Waals surface area contributed by atoms with Gasteiger partial charge < -0.3 is 34.8 Å². The van der Waals surface area contributed by atoms with Crippen LogP contribution in [0.2, 0.25) is 0 Å². The van der Waals surface area contributed by atoms with E-state index in [9.17, 15) is 28.9 Å². The molecule has 2 aromatic carbocycles. The molecule has 0 radical (unpaired) electrons. The number of carbonyl (C=O) groups is 1. The number of likely N-dealkylation sites (tertiary alicyclic amines) is 1. The minimum Gasteiger partial charge on any atom is -0.508 e. The average molecular weight is 703 g/mol. The van der Waals surface area contributed by atoms with Crippen LogP contribution in [-0.4, -0.2) is 110 Å². The Morgan fingerprint density at radius 3 is 2.47 bits per heavy atom. The topological polar surface area (TPSA) is 135 Å². The van der Waals surface area contributed by atoms with Gasteiger partial charge in [-0.05, 0) is 62.1 Å². The number of phenols is 1. The molecule has 4 fully saturated rings. The van der Waals surface area contributed by atoms with Crippen LogP contribution in [0, 0.1) is 29.4 Å². The molecule has 2 atom stereocenters. The van der Waals surface area contributed by atoms with Gasteiger partial charge in [0, 0.05) is 67.4 Å². The number of pyridine rings is 1. The molecule has 14 heteroatoms. The summed E-state index contributed by atoms with van der Waals surface area (Å²) >= 11 is 0. The number of hydrogen-bond acceptors (Lipinski definition) is 10. The fourth-order valence-corrected chi connectivity index (χ4v) is 8.11. The molecule has 3 N–H and O–H groups in total. The number of aliphatic hydroxyl groups excluding tert-OH is 1. The third-order valence-electron chi connectivity index (χ3n) is 10.9. The number of amides is 1. The van der Waals surface area contributed by atoms with Gasteiger partial charge in [0.15, 0.2) is 5.82 Å². The number of benzene rings is 2. The van der Waals surface area contributed by atoms with Crippen LogP contribution in [0.3, 0.4) is 0 Å². The van der Waals surface area contributed by atoms with Crippen molar-refractivity contribution >= 4 is 33.4 Å². The highest BCUT2D eigenvalue weighted by Gasteiger charge is 2.46. The van der Waals surface area contributed by atoms with Crippen molar-refractivity contribution in [3.8, 4) is 35.4 Å². The second kappa shape index (κ2) is 12.8. The molecule has 8 rings (SSSR count). The number of hydrogen-bond donors (Lipinski definition) is 3. The van der Waals surface area contributed by atoms with Crippen LogP contribution in [-0.2, 0) is 4.79 Å². The molecule has 1 aliphatic carbocycles. The van der Waals surface area contributed by atoms with Crippen molar-refractivity contribution in [2.24, 2.45) is 5.41 Å². The first-order valence-corrected chi connectivity index (χ1v) is 17.2. The van der Waals surface area contributed by atoms with E-state index in [4.69, 9.17) is 16.1 Å². The van der Waals surface area contributed by atoms with Gasteiger partial charge >= 0.3 is 6.01 Å². The fourth-order valence-electron chi connectivity index (χ4n) is 8.11. The van der Waals surface area contributed by atoms with Crippen LogP contribution in [0.1, 0.15) is 44.1 Å². The molecule has 0 spiro atoms. The summed E-state index contributed by atoms with van der Waals surface area (Å²) in [6.07, 6.45) is 8.34.